The summed E-state index contributed by atoms with van der Waals surface area (Å²) in [6.07, 6.45) is 2.13. The van der Waals surface area contributed by atoms with Crippen LogP contribution in [0.3, 0.4) is 0 Å². The van der Waals surface area contributed by atoms with Gasteiger partial charge in [0.15, 0.2) is 0 Å². The van der Waals surface area contributed by atoms with Crippen LogP contribution in [0.1, 0.15) is 30.1 Å². The van der Waals surface area contributed by atoms with Crippen LogP contribution in [-0.4, -0.2) is 44.1 Å². The molecule has 0 spiro atoms. The van der Waals surface area contributed by atoms with Crippen LogP contribution in [0.5, 0.6) is 5.75 Å². The smallest absolute Gasteiger partial charge is 0.257 e. The first kappa shape index (κ1) is 19.3. The van der Waals surface area contributed by atoms with E-state index in [0.717, 1.165) is 43.5 Å². The van der Waals surface area contributed by atoms with Crippen LogP contribution in [0.2, 0.25) is 0 Å². The number of carbonyl (C=O) groups excluding carboxylic acids is 1. The number of hydrogen-bond acceptors (Lipinski definition) is 3. The van der Waals surface area contributed by atoms with E-state index in [-0.39, 0.29) is 18.3 Å². The fourth-order valence-corrected chi connectivity index (χ4v) is 3.04. The van der Waals surface area contributed by atoms with Crippen molar-refractivity contribution in [2.24, 2.45) is 5.92 Å². The molecule has 1 saturated heterocycles. The maximum absolute atomic E-state index is 12.6. The largest absolute Gasteiger partial charge is 0.496 e. The predicted octanol–water partition coefficient (Wildman–Crippen LogP) is 3.34. The lowest BCUT2D eigenvalue weighted by Gasteiger charge is -2.32. The van der Waals surface area contributed by atoms with Gasteiger partial charge in [-0.05, 0) is 50.0 Å². The Labute approximate surface area is 147 Å². The number of ether oxygens (including phenoxy) is 1. The molecule has 0 saturated carbocycles. The van der Waals surface area contributed by atoms with Gasteiger partial charge in [0.2, 0.25) is 0 Å². The number of methoxy groups -OCH3 is 1. The number of nitrogens with one attached hydrogen (secondary N) is 1. The Morgan fingerprint density at radius 3 is 2.68 bits per heavy atom. The molecule has 0 aromatic heterocycles. The lowest BCUT2D eigenvalue weighted by Crippen LogP contribution is -2.40. The van der Waals surface area contributed by atoms with Crippen LogP contribution in [-0.2, 0) is 0 Å². The molecule has 0 unspecified atom stereocenters. The maximum atomic E-state index is 12.6. The van der Waals surface area contributed by atoms with E-state index in [1.54, 1.807) is 7.11 Å². The Morgan fingerprint density at radius 1 is 1.41 bits per heavy atom. The zero-order valence-electron chi connectivity index (χ0n) is 13.1. The predicted molar refractivity (Wildman–Crippen MR) is 95.1 cm³/mol. The summed E-state index contributed by atoms with van der Waals surface area (Å²) in [6.45, 7) is 5.84. The van der Waals surface area contributed by atoms with Crippen molar-refractivity contribution in [3.63, 3.8) is 0 Å². The number of halogens is 2. The number of benzene rings is 1. The highest BCUT2D eigenvalue weighted by atomic mass is 79.9. The van der Waals surface area contributed by atoms with Gasteiger partial charge in [0.05, 0.1) is 12.7 Å². The van der Waals surface area contributed by atoms with E-state index in [0.29, 0.717) is 17.2 Å². The van der Waals surface area contributed by atoms with E-state index < -0.39 is 0 Å². The Morgan fingerprint density at radius 2 is 2.09 bits per heavy atom. The molecule has 6 heteroatoms. The van der Waals surface area contributed by atoms with Gasteiger partial charge in [-0.15, -0.1) is 12.4 Å². The second-order valence-electron chi connectivity index (χ2n) is 5.39. The molecule has 1 heterocycles. The van der Waals surface area contributed by atoms with Crippen LogP contribution in [0.25, 0.3) is 0 Å². The summed E-state index contributed by atoms with van der Waals surface area (Å²) < 4.78 is 6.24. The minimum atomic E-state index is 0. The standard InChI is InChI=1S/C16H23BrN2O2.ClH/c1-3-18-11-12-6-8-19(9-7-12)16(20)14-5-4-13(17)10-15(14)21-2;/h4-5,10,12,18H,3,6-9,11H2,1-2H3;1H. The average molecular weight is 392 g/mol. The van der Waals surface area contributed by atoms with Crippen LogP contribution >= 0.6 is 28.3 Å². The van der Waals surface area contributed by atoms with E-state index in [4.69, 9.17) is 4.74 Å². The van der Waals surface area contributed by atoms with Crippen molar-refractivity contribution in [1.29, 1.82) is 0 Å². The topological polar surface area (TPSA) is 41.6 Å². The second-order valence-corrected chi connectivity index (χ2v) is 6.30. The van der Waals surface area contributed by atoms with Gasteiger partial charge in [-0.1, -0.05) is 22.9 Å². The fraction of sp³-hybridized carbons (Fsp3) is 0.562. The number of amides is 1. The minimum absolute atomic E-state index is 0. The van der Waals surface area contributed by atoms with Gasteiger partial charge in [0.1, 0.15) is 5.75 Å². The monoisotopic (exact) mass is 390 g/mol. The molecular weight excluding hydrogens is 368 g/mol. The Kier molecular flexibility index (Phi) is 8.21. The van der Waals surface area contributed by atoms with Gasteiger partial charge in [-0.2, -0.15) is 0 Å². The van der Waals surface area contributed by atoms with Gasteiger partial charge in [0, 0.05) is 17.6 Å². The van der Waals surface area contributed by atoms with Gasteiger partial charge in [-0.25, -0.2) is 0 Å². The maximum Gasteiger partial charge on any atom is 0.257 e. The first-order valence-electron chi connectivity index (χ1n) is 7.49. The normalized spacial score (nSPS) is 15.3. The number of piperidine rings is 1. The van der Waals surface area contributed by atoms with Gasteiger partial charge >= 0.3 is 0 Å². The summed E-state index contributed by atoms with van der Waals surface area (Å²) in [7, 11) is 1.60. The summed E-state index contributed by atoms with van der Waals surface area (Å²) in [4.78, 5) is 14.6. The molecule has 1 fully saturated rings. The molecule has 22 heavy (non-hydrogen) atoms. The first-order chi connectivity index (χ1) is 10.2. The Hall–Kier alpha value is -0.780. The molecule has 1 aliphatic heterocycles. The van der Waals surface area contributed by atoms with E-state index >= 15 is 0 Å². The van der Waals surface area contributed by atoms with E-state index in [9.17, 15) is 4.79 Å². The Bertz CT molecular complexity index is 491. The number of rotatable bonds is 5. The molecule has 1 aromatic rings. The first-order valence-corrected chi connectivity index (χ1v) is 8.28. The highest BCUT2D eigenvalue weighted by Crippen LogP contribution is 2.26. The van der Waals surface area contributed by atoms with Crippen molar-refractivity contribution < 1.29 is 9.53 Å². The Balaban J connectivity index is 0.00000242. The molecule has 1 aliphatic rings. The number of hydrogen-bond donors (Lipinski definition) is 1. The van der Waals surface area contributed by atoms with E-state index in [2.05, 4.69) is 28.2 Å². The van der Waals surface area contributed by atoms with Crippen molar-refractivity contribution >= 4 is 34.2 Å². The fourth-order valence-electron chi connectivity index (χ4n) is 2.70. The lowest BCUT2D eigenvalue weighted by atomic mass is 9.96. The van der Waals surface area contributed by atoms with Crippen molar-refractivity contribution in [2.75, 3.05) is 33.3 Å². The summed E-state index contributed by atoms with van der Waals surface area (Å²) in [6, 6.07) is 5.55. The average Bonchev–Trinajstić information content (AvgIpc) is 2.52. The number of nitrogens with zero attached hydrogens (tertiary/aromatic N) is 1. The molecule has 1 N–H and O–H groups in total. The third kappa shape index (κ3) is 4.86. The number of carbonyl (C=O) groups is 1. The van der Waals surface area contributed by atoms with Crippen molar-refractivity contribution in [2.45, 2.75) is 19.8 Å². The highest BCUT2D eigenvalue weighted by Gasteiger charge is 2.25. The highest BCUT2D eigenvalue weighted by molar-refractivity contribution is 9.10. The van der Waals surface area contributed by atoms with Gasteiger partial charge in [0.25, 0.3) is 5.91 Å². The van der Waals surface area contributed by atoms with Crippen molar-refractivity contribution in [3.05, 3.63) is 28.2 Å². The molecule has 124 valence electrons. The molecular formula is C16H24BrClN2O2. The molecule has 1 aromatic carbocycles. The molecule has 2 rings (SSSR count). The summed E-state index contributed by atoms with van der Waals surface area (Å²) in [5.41, 5.74) is 0.644. The minimum Gasteiger partial charge on any atom is -0.496 e. The van der Waals surface area contributed by atoms with Crippen LogP contribution in [0, 0.1) is 5.92 Å². The molecule has 0 aliphatic carbocycles. The second kappa shape index (κ2) is 9.38. The lowest BCUT2D eigenvalue weighted by molar-refractivity contribution is 0.0687. The molecule has 0 atom stereocenters. The molecule has 4 nitrogen and oxygen atoms in total. The van der Waals surface area contributed by atoms with Crippen molar-refractivity contribution in [3.8, 4) is 5.75 Å². The van der Waals surface area contributed by atoms with Crippen LogP contribution in [0.15, 0.2) is 22.7 Å². The summed E-state index contributed by atoms with van der Waals surface area (Å²) in [5.74, 6) is 1.38. The zero-order chi connectivity index (χ0) is 15.2. The van der Waals surface area contributed by atoms with Crippen LogP contribution < -0.4 is 10.1 Å². The van der Waals surface area contributed by atoms with E-state index in [1.165, 1.54) is 0 Å². The SMILES string of the molecule is CCNCC1CCN(C(=O)c2ccc(Br)cc2OC)CC1.Cl. The van der Waals surface area contributed by atoms with E-state index in [1.807, 2.05) is 23.1 Å². The van der Waals surface area contributed by atoms with Gasteiger partial charge in [-0.3, -0.25) is 4.79 Å². The summed E-state index contributed by atoms with van der Waals surface area (Å²) in [5, 5.41) is 3.39. The summed E-state index contributed by atoms with van der Waals surface area (Å²) >= 11 is 3.40. The zero-order valence-corrected chi connectivity index (χ0v) is 15.5. The third-order valence-electron chi connectivity index (χ3n) is 3.98. The van der Waals surface area contributed by atoms with Crippen LogP contribution in [0.4, 0.5) is 0 Å². The molecule has 0 radical (unpaired) electrons. The quantitative estimate of drug-likeness (QED) is 0.837. The number of likely N-dealkylation sites (tertiary alicyclic amines) is 1. The molecule has 1 amide bonds. The van der Waals surface area contributed by atoms with Gasteiger partial charge < -0.3 is 15.0 Å². The molecule has 0 bridgehead atoms. The van der Waals surface area contributed by atoms with Crippen molar-refractivity contribution in [1.82, 2.24) is 10.2 Å². The third-order valence-corrected chi connectivity index (χ3v) is 4.47.